The summed E-state index contributed by atoms with van der Waals surface area (Å²) in [7, 11) is 1.67. The molecule has 0 saturated carbocycles. The highest BCUT2D eigenvalue weighted by Crippen LogP contribution is 2.21. The fourth-order valence-electron chi connectivity index (χ4n) is 2.21. The molecule has 0 aliphatic carbocycles. The third kappa shape index (κ3) is 2.58. The Morgan fingerprint density at radius 3 is 2.71 bits per heavy atom. The Balaban J connectivity index is 2.15. The maximum Gasteiger partial charge on any atom is 0.236 e. The largest absolute Gasteiger partial charge is 0.497 e. The summed E-state index contributed by atoms with van der Waals surface area (Å²) in [6.45, 7) is 1.60. The Labute approximate surface area is 101 Å². The molecule has 2 N–H and O–H groups in total. The smallest absolute Gasteiger partial charge is 0.236 e. The number of rotatable bonds is 2. The lowest BCUT2D eigenvalue weighted by Gasteiger charge is -2.18. The lowest BCUT2D eigenvalue weighted by molar-refractivity contribution is -0.129. The van der Waals surface area contributed by atoms with Crippen molar-refractivity contribution in [3.63, 3.8) is 0 Å². The predicted octanol–water partition coefficient (Wildman–Crippen LogP) is 0.581. The molecule has 1 aromatic carbocycles. The first-order valence-electron chi connectivity index (χ1n) is 5.88. The van der Waals surface area contributed by atoms with Crippen LogP contribution in [-0.2, 0) is 17.6 Å². The third-order valence-corrected chi connectivity index (χ3v) is 3.24. The van der Waals surface area contributed by atoms with Crippen molar-refractivity contribution in [2.75, 3.05) is 26.7 Å². The van der Waals surface area contributed by atoms with Crippen molar-refractivity contribution >= 4 is 5.91 Å². The van der Waals surface area contributed by atoms with Crippen LogP contribution in [0.15, 0.2) is 18.2 Å². The summed E-state index contributed by atoms with van der Waals surface area (Å²) in [5.74, 6) is 0.909. The molecule has 4 heteroatoms. The number of nitrogens with zero attached hydrogens (tertiary/aromatic N) is 1. The Morgan fingerprint density at radius 1 is 1.35 bits per heavy atom. The minimum atomic E-state index is 0.0322. The monoisotopic (exact) mass is 234 g/mol. The summed E-state index contributed by atoms with van der Waals surface area (Å²) in [5.41, 5.74) is 7.97. The zero-order valence-electron chi connectivity index (χ0n) is 10.1. The Kier molecular flexibility index (Phi) is 3.64. The normalized spacial score (nSPS) is 15.1. The summed E-state index contributed by atoms with van der Waals surface area (Å²) in [5, 5.41) is 0. The first-order valence-corrected chi connectivity index (χ1v) is 5.88. The zero-order valence-corrected chi connectivity index (χ0v) is 10.1. The van der Waals surface area contributed by atoms with Gasteiger partial charge in [-0.05, 0) is 36.1 Å². The van der Waals surface area contributed by atoms with Gasteiger partial charge in [-0.2, -0.15) is 0 Å². The molecule has 0 saturated heterocycles. The SMILES string of the molecule is COc1ccc2c(c1)CCN(C(=O)CN)CC2. The van der Waals surface area contributed by atoms with Crippen molar-refractivity contribution in [2.45, 2.75) is 12.8 Å². The number of nitrogens with two attached hydrogens (primary N) is 1. The quantitative estimate of drug-likeness (QED) is 0.814. The van der Waals surface area contributed by atoms with Gasteiger partial charge in [0.2, 0.25) is 5.91 Å². The maximum atomic E-state index is 11.6. The molecule has 2 rings (SSSR count). The molecule has 0 aromatic heterocycles. The van der Waals surface area contributed by atoms with E-state index in [9.17, 15) is 4.79 Å². The number of fused-ring (bicyclic) bond motifs is 1. The summed E-state index contributed by atoms with van der Waals surface area (Å²) in [6.07, 6.45) is 1.77. The van der Waals surface area contributed by atoms with E-state index in [4.69, 9.17) is 10.5 Å². The van der Waals surface area contributed by atoms with Gasteiger partial charge in [-0.1, -0.05) is 6.07 Å². The van der Waals surface area contributed by atoms with Crippen LogP contribution in [-0.4, -0.2) is 37.6 Å². The van der Waals surface area contributed by atoms with E-state index in [1.807, 2.05) is 11.0 Å². The van der Waals surface area contributed by atoms with Crippen LogP contribution in [0.5, 0.6) is 5.75 Å². The van der Waals surface area contributed by atoms with Gasteiger partial charge in [0.15, 0.2) is 0 Å². The van der Waals surface area contributed by atoms with Crippen LogP contribution >= 0.6 is 0 Å². The molecule has 1 aliphatic heterocycles. The van der Waals surface area contributed by atoms with Crippen LogP contribution in [0.25, 0.3) is 0 Å². The van der Waals surface area contributed by atoms with Gasteiger partial charge in [-0.25, -0.2) is 0 Å². The average molecular weight is 234 g/mol. The number of amides is 1. The van der Waals surface area contributed by atoms with Gasteiger partial charge in [0.05, 0.1) is 13.7 Å². The number of benzene rings is 1. The van der Waals surface area contributed by atoms with E-state index in [2.05, 4.69) is 12.1 Å². The fraction of sp³-hybridized carbons (Fsp3) is 0.462. The Hall–Kier alpha value is -1.55. The summed E-state index contributed by atoms with van der Waals surface area (Å²) < 4.78 is 5.22. The zero-order chi connectivity index (χ0) is 12.3. The van der Waals surface area contributed by atoms with Gasteiger partial charge >= 0.3 is 0 Å². The number of carbonyl (C=O) groups is 1. The van der Waals surface area contributed by atoms with Gasteiger partial charge < -0.3 is 15.4 Å². The minimum absolute atomic E-state index is 0.0322. The predicted molar refractivity (Wildman–Crippen MR) is 66.0 cm³/mol. The van der Waals surface area contributed by atoms with Gasteiger partial charge in [0.25, 0.3) is 0 Å². The lowest BCUT2D eigenvalue weighted by atomic mass is 10.0. The molecule has 0 bridgehead atoms. The van der Waals surface area contributed by atoms with Crippen LogP contribution in [0.4, 0.5) is 0 Å². The number of carbonyl (C=O) groups excluding carboxylic acids is 1. The first-order chi connectivity index (χ1) is 8.24. The molecule has 92 valence electrons. The van der Waals surface area contributed by atoms with Crippen molar-refractivity contribution in [1.82, 2.24) is 4.90 Å². The average Bonchev–Trinajstić information content (AvgIpc) is 2.59. The van der Waals surface area contributed by atoms with Gasteiger partial charge in [-0.15, -0.1) is 0 Å². The molecule has 1 aromatic rings. The van der Waals surface area contributed by atoms with Crippen molar-refractivity contribution in [1.29, 1.82) is 0 Å². The highest BCUT2D eigenvalue weighted by Gasteiger charge is 2.17. The van der Waals surface area contributed by atoms with Gasteiger partial charge in [0.1, 0.15) is 5.75 Å². The van der Waals surface area contributed by atoms with E-state index in [1.165, 1.54) is 11.1 Å². The second kappa shape index (κ2) is 5.19. The van der Waals surface area contributed by atoms with Crippen molar-refractivity contribution in [3.05, 3.63) is 29.3 Å². The van der Waals surface area contributed by atoms with E-state index >= 15 is 0 Å². The van der Waals surface area contributed by atoms with E-state index in [1.54, 1.807) is 7.11 Å². The fourth-order valence-corrected chi connectivity index (χ4v) is 2.21. The molecule has 4 nitrogen and oxygen atoms in total. The van der Waals surface area contributed by atoms with Gasteiger partial charge in [0, 0.05) is 13.1 Å². The maximum absolute atomic E-state index is 11.6. The van der Waals surface area contributed by atoms with Crippen LogP contribution in [0.2, 0.25) is 0 Å². The summed E-state index contributed by atoms with van der Waals surface area (Å²) >= 11 is 0. The van der Waals surface area contributed by atoms with E-state index in [0.717, 1.165) is 31.7 Å². The number of hydrogen-bond donors (Lipinski definition) is 1. The summed E-state index contributed by atoms with van der Waals surface area (Å²) in [4.78, 5) is 13.4. The second-order valence-electron chi connectivity index (χ2n) is 4.22. The summed E-state index contributed by atoms with van der Waals surface area (Å²) in [6, 6.07) is 6.12. The molecule has 0 fully saturated rings. The molecule has 1 heterocycles. The lowest BCUT2D eigenvalue weighted by Crippen LogP contribution is -2.37. The van der Waals surface area contributed by atoms with E-state index in [-0.39, 0.29) is 12.5 Å². The third-order valence-electron chi connectivity index (χ3n) is 3.24. The van der Waals surface area contributed by atoms with Crippen LogP contribution in [0, 0.1) is 0 Å². The number of hydrogen-bond acceptors (Lipinski definition) is 3. The molecule has 17 heavy (non-hydrogen) atoms. The molecule has 1 amide bonds. The minimum Gasteiger partial charge on any atom is -0.497 e. The standard InChI is InChI=1S/C13H18N2O2/c1-17-12-3-2-10-4-6-15(13(16)9-14)7-5-11(10)8-12/h2-3,8H,4-7,9,14H2,1H3. The van der Waals surface area contributed by atoms with Crippen molar-refractivity contribution in [2.24, 2.45) is 5.73 Å². The molecule has 0 unspecified atom stereocenters. The van der Waals surface area contributed by atoms with Crippen molar-refractivity contribution in [3.8, 4) is 5.75 Å². The molecular weight excluding hydrogens is 216 g/mol. The number of ether oxygens (including phenoxy) is 1. The van der Waals surface area contributed by atoms with Crippen LogP contribution < -0.4 is 10.5 Å². The first kappa shape index (κ1) is 11.9. The van der Waals surface area contributed by atoms with E-state index in [0.29, 0.717) is 0 Å². The van der Waals surface area contributed by atoms with Crippen molar-refractivity contribution < 1.29 is 9.53 Å². The Morgan fingerprint density at radius 2 is 2.06 bits per heavy atom. The highest BCUT2D eigenvalue weighted by atomic mass is 16.5. The van der Waals surface area contributed by atoms with Gasteiger partial charge in [-0.3, -0.25) is 4.79 Å². The molecular formula is C13H18N2O2. The topological polar surface area (TPSA) is 55.6 Å². The molecule has 0 spiro atoms. The molecule has 1 aliphatic rings. The number of methoxy groups -OCH3 is 1. The second-order valence-corrected chi connectivity index (χ2v) is 4.22. The van der Waals surface area contributed by atoms with Crippen LogP contribution in [0.3, 0.4) is 0 Å². The molecule has 0 atom stereocenters. The highest BCUT2D eigenvalue weighted by molar-refractivity contribution is 5.78. The molecule has 0 radical (unpaired) electrons. The Bertz CT molecular complexity index is 418. The van der Waals surface area contributed by atoms with Crippen LogP contribution in [0.1, 0.15) is 11.1 Å². The van der Waals surface area contributed by atoms with E-state index < -0.39 is 0 Å².